The molecule has 2 aliphatic rings. The van der Waals surface area contributed by atoms with Crippen LogP contribution in [0.4, 0.5) is 0 Å². The van der Waals surface area contributed by atoms with Gasteiger partial charge < -0.3 is 0 Å². The fourth-order valence-corrected chi connectivity index (χ4v) is 3.77. The highest BCUT2D eigenvalue weighted by molar-refractivity contribution is 9.10. The van der Waals surface area contributed by atoms with Crippen molar-refractivity contribution in [3.8, 4) is 0 Å². The number of fused-ring (bicyclic) bond motifs is 1. The van der Waals surface area contributed by atoms with E-state index in [1.807, 2.05) is 0 Å². The predicted octanol–water partition coefficient (Wildman–Crippen LogP) is 3.62. The highest BCUT2D eigenvalue weighted by Gasteiger charge is 2.47. The molecule has 0 unspecified atom stereocenters. The van der Waals surface area contributed by atoms with Crippen molar-refractivity contribution in [1.29, 1.82) is 0 Å². The molecule has 0 aromatic heterocycles. The summed E-state index contributed by atoms with van der Waals surface area (Å²) in [7, 11) is 0. The third kappa shape index (κ3) is 1.48. The molecule has 2 atom stereocenters. The predicted molar refractivity (Wildman–Crippen MR) is 61.6 cm³/mol. The SMILES string of the molecule is CC1=C(C)C[C@]2(Br)C(=O)CCC[C@@H]2C1. The summed E-state index contributed by atoms with van der Waals surface area (Å²) in [5.41, 5.74) is 2.91. The van der Waals surface area contributed by atoms with Crippen molar-refractivity contribution in [2.45, 2.75) is 50.3 Å². The summed E-state index contributed by atoms with van der Waals surface area (Å²) >= 11 is 3.72. The number of hydrogen-bond donors (Lipinski definition) is 0. The van der Waals surface area contributed by atoms with Gasteiger partial charge in [0.05, 0.1) is 4.32 Å². The van der Waals surface area contributed by atoms with E-state index >= 15 is 0 Å². The second-order valence-electron chi connectivity index (χ2n) is 4.82. The van der Waals surface area contributed by atoms with Gasteiger partial charge in [-0.05, 0) is 45.4 Å². The molecule has 1 saturated carbocycles. The van der Waals surface area contributed by atoms with Crippen LogP contribution in [0.5, 0.6) is 0 Å². The molecule has 2 rings (SSSR count). The number of allylic oxidation sites excluding steroid dienone is 2. The first-order valence-electron chi connectivity index (χ1n) is 5.41. The number of halogens is 1. The number of ketones is 1. The fourth-order valence-electron chi connectivity index (χ4n) is 2.76. The molecule has 1 fully saturated rings. The minimum atomic E-state index is -0.200. The smallest absolute Gasteiger partial charge is 0.150 e. The first-order valence-corrected chi connectivity index (χ1v) is 6.21. The van der Waals surface area contributed by atoms with E-state index in [2.05, 4.69) is 29.8 Å². The zero-order valence-corrected chi connectivity index (χ0v) is 10.5. The standard InChI is InChI=1S/C12H17BrO/c1-8-6-10-4-3-5-11(14)12(10,13)7-9(8)2/h10H,3-7H2,1-2H3/t10-,12-/m1/s1. The molecule has 0 spiro atoms. The van der Waals surface area contributed by atoms with E-state index in [0.29, 0.717) is 11.7 Å². The van der Waals surface area contributed by atoms with Crippen molar-refractivity contribution in [2.75, 3.05) is 0 Å². The lowest BCUT2D eigenvalue weighted by Gasteiger charge is -2.42. The van der Waals surface area contributed by atoms with Crippen LogP contribution in [0, 0.1) is 5.92 Å². The molecule has 0 aliphatic heterocycles. The molecular formula is C12H17BrO. The summed E-state index contributed by atoms with van der Waals surface area (Å²) in [6.45, 7) is 4.37. The largest absolute Gasteiger partial charge is 0.298 e. The third-order valence-electron chi connectivity index (χ3n) is 3.87. The monoisotopic (exact) mass is 256 g/mol. The molecule has 2 heteroatoms. The van der Waals surface area contributed by atoms with Crippen molar-refractivity contribution in [1.82, 2.24) is 0 Å². The average Bonchev–Trinajstić information content (AvgIpc) is 2.11. The molecule has 0 radical (unpaired) electrons. The molecule has 2 aliphatic carbocycles. The minimum Gasteiger partial charge on any atom is -0.298 e. The number of Topliss-reactive ketones (excluding diaryl/α,β-unsaturated/α-hetero) is 1. The van der Waals surface area contributed by atoms with Crippen molar-refractivity contribution >= 4 is 21.7 Å². The van der Waals surface area contributed by atoms with Crippen LogP contribution in [0.1, 0.15) is 46.0 Å². The van der Waals surface area contributed by atoms with Gasteiger partial charge in [0.2, 0.25) is 0 Å². The van der Waals surface area contributed by atoms with Crippen LogP contribution in [0.2, 0.25) is 0 Å². The topological polar surface area (TPSA) is 17.1 Å². The lowest BCUT2D eigenvalue weighted by Crippen LogP contribution is -2.45. The van der Waals surface area contributed by atoms with Crippen molar-refractivity contribution < 1.29 is 4.79 Å². The molecule has 0 N–H and O–H groups in total. The maximum atomic E-state index is 11.9. The molecule has 14 heavy (non-hydrogen) atoms. The Kier molecular flexibility index (Phi) is 2.59. The van der Waals surface area contributed by atoms with Crippen molar-refractivity contribution in [3.05, 3.63) is 11.1 Å². The highest BCUT2D eigenvalue weighted by atomic mass is 79.9. The van der Waals surface area contributed by atoms with Crippen LogP contribution in [0.25, 0.3) is 0 Å². The quantitative estimate of drug-likeness (QED) is 0.478. The van der Waals surface area contributed by atoms with Crippen LogP contribution >= 0.6 is 15.9 Å². The Hall–Kier alpha value is -0.110. The van der Waals surface area contributed by atoms with Gasteiger partial charge in [0.25, 0.3) is 0 Å². The van der Waals surface area contributed by atoms with E-state index in [4.69, 9.17) is 0 Å². The first-order chi connectivity index (χ1) is 6.54. The van der Waals surface area contributed by atoms with E-state index < -0.39 is 0 Å². The summed E-state index contributed by atoms with van der Waals surface area (Å²) in [5, 5.41) is 0. The Balaban J connectivity index is 2.33. The molecule has 0 heterocycles. The fraction of sp³-hybridized carbons (Fsp3) is 0.750. The van der Waals surface area contributed by atoms with E-state index in [0.717, 1.165) is 25.7 Å². The van der Waals surface area contributed by atoms with Gasteiger partial charge in [-0.15, -0.1) is 0 Å². The van der Waals surface area contributed by atoms with Crippen LogP contribution < -0.4 is 0 Å². The highest BCUT2D eigenvalue weighted by Crippen LogP contribution is 2.49. The van der Waals surface area contributed by atoms with Crippen molar-refractivity contribution in [2.24, 2.45) is 5.92 Å². The Morgan fingerprint density at radius 2 is 2.07 bits per heavy atom. The Bertz CT molecular complexity index is 305. The number of carbonyl (C=O) groups is 1. The summed E-state index contributed by atoms with van der Waals surface area (Å²) in [6.07, 6.45) is 5.12. The van der Waals surface area contributed by atoms with Crippen molar-refractivity contribution in [3.63, 3.8) is 0 Å². The van der Waals surface area contributed by atoms with Crippen LogP contribution in [0.3, 0.4) is 0 Å². The van der Waals surface area contributed by atoms with Gasteiger partial charge in [0.15, 0.2) is 0 Å². The van der Waals surface area contributed by atoms with Gasteiger partial charge in [-0.25, -0.2) is 0 Å². The van der Waals surface area contributed by atoms with E-state index in [9.17, 15) is 4.79 Å². The number of carbonyl (C=O) groups excluding carboxylic acids is 1. The number of alkyl halides is 1. The summed E-state index contributed by atoms with van der Waals surface area (Å²) in [5.74, 6) is 0.980. The second-order valence-corrected chi connectivity index (χ2v) is 6.23. The summed E-state index contributed by atoms with van der Waals surface area (Å²) in [4.78, 5) is 11.9. The molecule has 78 valence electrons. The van der Waals surface area contributed by atoms with E-state index in [-0.39, 0.29) is 4.32 Å². The van der Waals surface area contributed by atoms with Gasteiger partial charge in [-0.3, -0.25) is 4.79 Å². The minimum absolute atomic E-state index is 0.200. The van der Waals surface area contributed by atoms with Gasteiger partial charge in [-0.1, -0.05) is 27.1 Å². The lowest BCUT2D eigenvalue weighted by molar-refractivity contribution is -0.124. The Morgan fingerprint density at radius 1 is 1.36 bits per heavy atom. The number of rotatable bonds is 0. The van der Waals surface area contributed by atoms with Gasteiger partial charge >= 0.3 is 0 Å². The molecular weight excluding hydrogens is 240 g/mol. The molecule has 0 bridgehead atoms. The van der Waals surface area contributed by atoms with Crippen LogP contribution in [-0.2, 0) is 4.79 Å². The maximum absolute atomic E-state index is 11.9. The maximum Gasteiger partial charge on any atom is 0.150 e. The zero-order chi connectivity index (χ0) is 10.3. The van der Waals surface area contributed by atoms with E-state index in [1.165, 1.54) is 17.6 Å². The Labute approximate surface area is 94.1 Å². The molecule has 0 amide bonds. The zero-order valence-electron chi connectivity index (χ0n) is 8.90. The molecule has 0 aromatic carbocycles. The Morgan fingerprint density at radius 3 is 2.79 bits per heavy atom. The van der Waals surface area contributed by atoms with Crippen LogP contribution in [0.15, 0.2) is 11.1 Å². The summed E-state index contributed by atoms with van der Waals surface area (Å²) in [6, 6.07) is 0. The number of hydrogen-bond acceptors (Lipinski definition) is 1. The van der Waals surface area contributed by atoms with Gasteiger partial charge in [0, 0.05) is 6.42 Å². The third-order valence-corrected chi connectivity index (χ3v) is 5.24. The summed E-state index contributed by atoms with van der Waals surface area (Å²) < 4.78 is -0.200. The average molecular weight is 257 g/mol. The lowest BCUT2D eigenvalue weighted by atomic mass is 9.68. The second kappa shape index (κ2) is 3.48. The molecule has 0 aromatic rings. The normalized spacial score (nSPS) is 38.5. The van der Waals surface area contributed by atoms with Gasteiger partial charge in [-0.2, -0.15) is 0 Å². The molecule has 0 saturated heterocycles. The van der Waals surface area contributed by atoms with E-state index in [1.54, 1.807) is 0 Å². The van der Waals surface area contributed by atoms with Crippen LogP contribution in [-0.4, -0.2) is 10.1 Å². The molecule has 1 nitrogen and oxygen atoms in total. The van der Waals surface area contributed by atoms with Gasteiger partial charge in [0.1, 0.15) is 5.78 Å². The first kappa shape index (κ1) is 10.4.